The Kier molecular flexibility index (Phi) is 7.26. The number of aryl methyl sites for hydroxylation is 1. The van der Waals surface area contributed by atoms with Gasteiger partial charge in [-0.25, -0.2) is 0 Å². The Hall–Kier alpha value is -1.68. The molecule has 172 valence electrons. The summed E-state index contributed by atoms with van der Waals surface area (Å²) in [5.41, 5.74) is 5.49. The summed E-state index contributed by atoms with van der Waals surface area (Å²) in [6.45, 7) is 4.12. The van der Waals surface area contributed by atoms with E-state index in [0.29, 0.717) is 25.6 Å². The zero-order valence-electron chi connectivity index (χ0n) is 19.5. The van der Waals surface area contributed by atoms with Crippen LogP contribution in [0.15, 0.2) is 48.5 Å². The summed E-state index contributed by atoms with van der Waals surface area (Å²) >= 11 is 0. The lowest BCUT2D eigenvalue weighted by atomic mass is 9.69. The van der Waals surface area contributed by atoms with Crippen LogP contribution in [0.2, 0.25) is 0 Å². The van der Waals surface area contributed by atoms with Crippen molar-refractivity contribution in [2.24, 2.45) is 11.8 Å². The highest BCUT2D eigenvalue weighted by Crippen LogP contribution is 2.43. The number of hydrogen-bond donors (Lipinski definition) is 0. The number of ether oxygens (including phenoxy) is 3. The molecule has 5 rings (SSSR count). The molecule has 2 aromatic rings. The fraction of sp³-hybridized carbons (Fsp3) is 0.586. The molecular weight excluding hydrogens is 396 g/mol. The van der Waals surface area contributed by atoms with E-state index in [-0.39, 0.29) is 0 Å². The second kappa shape index (κ2) is 10.5. The van der Waals surface area contributed by atoms with Gasteiger partial charge >= 0.3 is 0 Å². The van der Waals surface area contributed by atoms with Crippen molar-refractivity contribution in [1.29, 1.82) is 0 Å². The van der Waals surface area contributed by atoms with E-state index in [1.165, 1.54) is 73.6 Å². The Labute approximate surface area is 193 Å². The second-order valence-electron chi connectivity index (χ2n) is 10.2. The smallest absolute Gasteiger partial charge is 0.147 e. The lowest BCUT2D eigenvalue weighted by Gasteiger charge is -2.38. The van der Waals surface area contributed by atoms with Crippen molar-refractivity contribution in [3.05, 3.63) is 59.7 Å². The van der Waals surface area contributed by atoms with Crippen LogP contribution in [-0.4, -0.2) is 32.2 Å². The first kappa shape index (κ1) is 22.1. The Morgan fingerprint density at radius 2 is 1.31 bits per heavy atom. The molecule has 0 amide bonds. The molecule has 1 saturated heterocycles. The standard InChI is InChI=1S/C29H38O3/c1-21-2-4-22(5-3-21)23-6-8-24(9-7-23)25-10-12-26(13-11-25)27-14-16-28(17-15-27)32-20-30-18-29-19-31-29/h2-9,25-29H,10-20H2,1H3. The Balaban J connectivity index is 1.04. The van der Waals surface area contributed by atoms with E-state index in [4.69, 9.17) is 14.2 Å². The van der Waals surface area contributed by atoms with E-state index in [2.05, 4.69) is 55.5 Å². The van der Waals surface area contributed by atoms with Crippen LogP contribution in [0.4, 0.5) is 0 Å². The molecule has 0 spiro atoms. The first-order chi connectivity index (χ1) is 15.7. The van der Waals surface area contributed by atoms with Gasteiger partial charge in [-0.3, -0.25) is 0 Å². The third-order valence-corrected chi connectivity index (χ3v) is 8.02. The van der Waals surface area contributed by atoms with E-state index >= 15 is 0 Å². The van der Waals surface area contributed by atoms with Crippen molar-refractivity contribution >= 4 is 0 Å². The van der Waals surface area contributed by atoms with Crippen LogP contribution in [0.3, 0.4) is 0 Å². The Morgan fingerprint density at radius 3 is 1.91 bits per heavy atom. The zero-order chi connectivity index (χ0) is 21.8. The van der Waals surface area contributed by atoms with Gasteiger partial charge in [-0.15, -0.1) is 0 Å². The lowest BCUT2D eigenvalue weighted by Crippen LogP contribution is -2.28. The highest BCUT2D eigenvalue weighted by molar-refractivity contribution is 5.64. The maximum Gasteiger partial charge on any atom is 0.147 e. The third kappa shape index (κ3) is 5.81. The summed E-state index contributed by atoms with van der Waals surface area (Å²) in [4.78, 5) is 0. The minimum atomic E-state index is 0.329. The summed E-state index contributed by atoms with van der Waals surface area (Å²) in [6.07, 6.45) is 11.3. The number of benzene rings is 2. The van der Waals surface area contributed by atoms with E-state index in [9.17, 15) is 0 Å². The van der Waals surface area contributed by atoms with E-state index in [1.807, 2.05) is 0 Å². The lowest BCUT2D eigenvalue weighted by molar-refractivity contribution is -0.106. The maximum atomic E-state index is 5.94. The minimum Gasteiger partial charge on any atom is -0.371 e. The number of rotatable bonds is 8. The van der Waals surface area contributed by atoms with Crippen molar-refractivity contribution in [2.75, 3.05) is 20.0 Å². The molecule has 3 fully saturated rings. The van der Waals surface area contributed by atoms with Gasteiger partial charge in [0.05, 0.1) is 19.3 Å². The topological polar surface area (TPSA) is 31.0 Å². The molecule has 3 nitrogen and oxygen atoms in total. The highest BCUT2D eigenvalue weighted by atomic mass is 16.7. The molecule has 1 heterocycles. The van der Waals surface area contributed by atoms with Crippen LogP contribution in [-0.2, 0) is 14.2 Å². The monoisotopic (exact) mass is 434 g/mol. The molecule has 0 aromatic heterocycles. The van der Waals surface area contributed by atoms with Crippen molar-refractivity contribution in [2.45, 2.75) is 76.4 Å². The predicted molar refractivity (Wildman–Crippen MR) is 129 cm³/mol. The predicted octanol–water partition coefficient (Wildman–Crippen LogP) is 6.88. The molecule has 2 aliphatic carbocycles. The molecule has 1 aliphatic heterocycles. The van der Waals surface area contributed by atoms with Crippen molar-refractivity contribution < 1.29 is 14.2 Å². The van der Waals surface area contributed by atoms with E-state index in [0.717, 1.165) is 24.4 Å². The normalized spacial score (nSPS) is 30.2. The molecule has 3 aliphatic rings. The molecule has 0 radical (unpaired) electrons. The summed E-state index contributed by atoms with van der Waals surface area (Å²) in [7, 11) is 0. The molecule has 2 aromatic carbocycles. The van der Waals surface area contributed by atoms with Crippen LogP contribution in [0.5, 0.6) is 0 Å². The first-order valence-electron chi connectivity index (χ1n) is 12.7. The van der Waals surface area contributed by atoms with Gasteiger partial charge in [0.2, 0.25) is 0 Å². The fourth-order valence-electron chi connectivity index (χ4n) is 5.83. The van der Waals surface area contributed by atoms with Crippen LogP contribution >= 0.6 is 0 Å². The Morgan fingerprint density at radius 1 is 0.750 bits per heavy atom. The quantitative estimate of drug-likeness (QED) is 0.258. The van der Waals surface area contributed by atoms with Crippen molar-refractivity contribution in [3.63, 3.8) is 0 Å². The number of hydrogen-bond acceptors (Lipinski definition) is 3. The number of epoxide rings is 1. The van der Waals surface area contributed by atoms with Gasteiger partial charge in [-0.2, -0.15) is 0 Å². The van der Waals surface area contributed by atoms with Gasteiger partial charge in [0.25, 0.3) is 0 Å². The molecule has 3 heteroatoms. The minimum absolute atomic E-state index is 0.329. The fourth-order valence-corrected chi connectivity index (χ4v) is 5.83. The first-order valence-corrected chi connectivity index (χ1v) is 12.7. The summed E-state index contributed by atoms with van der Waals surface area (Å²) in [6, 6.07) is 18.2. The van der Waals surface area contributed by atoms with E-state index in [1.54, 1.807) is 0 Å². The molecule has 2 saturated carbocycles. The SMILES string of the molecule is Cc1ccc(-c2ccc(C3CCC(C4CCC(OCOCC5CO5)CC4)CC3)cc2)cc1. The average Bonchev–Trinajstić information content (AvgIpc) is 3.68. The van der Waals surface area contributed by atoms with E-state index < -0.39 is 0 Å². The molecule has 1 atom stereocenters. The Bertz CT molecular complexity index is 824. The molecule has 32 heavy (non-hydrogen) atoms. The summed E-state index contributed by atoms with van der Waals surface area (Å²) in [5, 5.41) is 0. The van der Waals surface area contributed by atoms with Crippen molar-refractivity contribution in [1.82, 2.24) is 0 Å². The van der Waals surface area contributed by atoms with Gasteiger partial charge in [-0.05, 0) is 92.7 Å². The highest BCUT2D eigenvalue weighted by Gasteiger charge is 2.31. The molecule has 0 N–H and O–H groups in total. The van der Waals surface area contributed by atoms with Crippen LogP contribution < -0.4 is 0 Å². The maximum absolute atomic E-state index is 5.94. The van der Waals surface area contributed by atoms with Crippen LogP contribution in [0, 0.1) is 18.8 Å². The van der Waals surface area contributed by atoms with Crippen LogP contribution in [0.1, 0.15) is 68.4 Å². The second-order valence-corrected chi connectivity index (χ2v) is 10.2. The van der Waals surface area contributed by atoms with Gasteiger partial charge in [0.1, 0.15) is 12.9 Å². The largest absolute Gasteiger partial charge is 0.371 e. The van der Waals surface area contributed by atoms with Gasteiger partial charge in [0, 0.05) is 0 Å². The summed E-state index contributed by atoms with van der Waals surface area (Å²) < 4.78 is 16.7. The average molecular weight is 435 g/mol. The molecular formula is C29H38O3. The van der Waals surface area contributed by atoms with Gasteiger partial charge < -0.3 is 14.2 Å². The zero-order valence-corrected chi connectivity index (χ0v) is 19.5. The third-order valence-electron chi connectivity index (χ3n) is 8.02. The van der Waals surface area contributed by atoms with Crippen LogP contribution in [0.25, 0.3) is 11.1 Å². The summed E-state index contributed by atoms with van der Waals surface area (Å²) in [5.74, 6) is 2.56. The van der Waals surface area contributed by atoms with Gasteiger partial charge in [0.15, 0.2) is 0 Å². The van der Waals surface area contributed by atoms with Crippen molar-refractivity contribution in [3.8, 4) is 11.1 Å². The van der Waals surface area contributed by atoms with Gasteiger partial charge in [-0.1, -0.05) is 54.1 Å². The molecule has 1 unspecified atom stereocenters. The molecule has 0 bridgehead atoms.